The van der Waals surface area contributed by atoms with E-state index in [2.05, 4.69) is 0 Å². The smallest absolute Gasteiger partial charge is 0.290 e. The highest BCUT2D eigenvalue weighted by Crippen LogP contribution is 2.41. The molecule has 7 heteroatoms. The van der Waals surface area contributed by atoms with Crippen LogP contribution in [0, 0.1) is 13.8 Å². The Labute approximate surface area is 186 Å². The average molecular weight is 437 g/mol. The molecular weight excluding hydrogens is 410 g/mol. The first kappa shape index (κ1) is 21.9. The number of methoxy groups -OCH3 is 2. The van der Waals surface area contributed by atoms with Crippen molar-refractivity contribution < 1.29 is 23.4 Å². The molecule has 168 valence electrons. The third-order valence-corrected chi connectivity index (χ3v) is 5.92. The van der Waals surface area contributed by atoms with Gasteiger partial charge in [0.05, 0.1) is 37.3 Å². The van der Waals surface area contributed by atoms with Crippen LogP contribution in [0.15, 0.2) is 39.5 Å². The summed E-state index contributed by atoms with van der Waals surface area (Å²) in [5, 5.41) is 0.469. The van der Waals surface area contributed by atoms with Crippen molar-refractivity contribution in [3.63, 3.8) is 0 Å². The van der Waals surface area contributed by atoms with Gasteiger partial charge in [0.15, 0.2) is 16.9 Å². The van der Waals surface area contributed by atoms with E-state index in [9.17, 15) is 9.59 Å². The second-order valence-electron chi connectivity index (χ2n) is 7.84. The number of rotatable bonds is 7. The van der Waals surface area contributed by atoms with E-state index < -0.39 is 6.04 Å². The van der Waals surface area contributed by atoms with Crippen LogP contribution >= 0.6 is 0 Å². The van der Waals surface area contributed by atoms with Crippen LogP contribution in [-0.4, -0.2) is 44.8 Å². The van der Waals surface area contributed by atoms with E-state index in [0.29, 0.717) is 47.8 Å². The zero-order valence-corrected chi connectivity index (χ0v) is 19.0. The molecule has 0 aliphatic carbocycles. The van der Waals surface area contributed by atoms with Crippen molar-refractivity contribution in [3.05, 3.63) is 68.6 Å². The molecule has 1 amide bonds. The first-order valence-corrected chi connectivity index (χ1v) is 10.6. The van der Waals surface area contributed by atoms with Gasteiger partial charge in [-0.25, -0.2) is 0 Å². The van der Waals surface area contributed by atoms with E-state index in [1.165, 1.54) is 0 Å². The van der Waals surface area contributed by atoms with E-state index >= 15 is 0 Å². The molecule has 1 aliphatic heterocycles. The van der Waals surface area contributed by atoms with E-state index in [1.807, 2.05) is 45.0 Å². The number of fused-ring (bicyclic) bond motifs is 2. The Kier molecular flexibility index (Phi) is 5.93. The predicted molar refractivity (Wildman–Crippen MR) is 121 cm³/mol. The molecule has 0 spiro atoms. The summed E-state index contributed by atoms with van der Waals surface area (Å²) in [6.45, 7) is 6.93. The lowest BCUT2D eigenvalue weighted by molar-refractivity contribution is 0.0663. The molecule has 0 saturated heterocycles. The number of amides is 1. The standard InChI is InChI=1S/C25H27NO6/c1-6-31-18-8-7-16(13-20(18)30-5)22-21-23(27)17-11-14(2)15(3)12-19(17)32-24(21)25(28)26(22)9-10-29-4/h7-8,11-13,22H,6,9-10H2,1-5H3/t22-/m0/s1. The Morgan fingerprint density at radius 3 is 2.47 bits per heavy atom. The molecule has 3 aromatic rings. The van der Waals surface area contributed by atoms with Gasteiger partial charge in [-0.15, -0.1) is 0 Å². The Hall–Kier alpha value is -3.32. The van der Waals surface area contributed by atoms with Gasteiger partial charge < -0.3 is 23.5 Å². The first-order valence-electron chi connectivity index (χ1n) is 10.6. The third kappa shape index (κ3) is 3.52. The minimum Gasteiger partial charge on any atom is -0.493 e. The van der Waals surface area contributed by atoms with Gasteiger partial charge in [0.2, 0.25) is 5.76 Å². The predicted octanol–water partition coefficient (Wildman–Crippen LogP) is 4.01. The largest absolute Gasteiger partial charge is 0.493 e. The van der Waals surface area contributed by atoms with E-state index in [0.717, 1.165) is 16.7 Å². The molecule has 2 heterocycles. The summed E-state index contributed by atoms with van der Waals surface area (Å²) in [5.74, 6) is 0.892. The lowest BCUT2D eigenvalue weighted by Gasteiger charge is -2.25. The summed E-state index contributed by atoms with van der Waals surface area (Å²) in [7, 11) is 3.14. The second-order valence-corrected chi connectivity index (χ2v) is 7.84. The minimum atomic E-state index is -0.612. The molecule has 32 heavy (non-hydrogen) atoms. The Morgan fingerprint density at radius 1 is 1.03 bits per heavy atom. The Morgan fingerprint density at radius 2 is 1.78 bits per heavy atom. The topological polar surface area (TPSA) is 78.2 Å². The maximum absolute atomic E-state index is 13.6. The summed E-state index contributed by atoms with van der Waals surface area (Å²) < 4.78 is 22.4. The number of hydrogen-bond donors (Lipinski definition) is 0. The van der Waals surface area contributed by atoms with Gasteiger partial charge in [-0.1, -0.05) is 6.07 Å². The van der Waals surface area contributed by atoms with Crippen molar-refractivity contribution in [2.75, 3.05) is 34.0 Å². The summed E-state index contributed by atoms with van der Waals surface area (Å²) in [6, 6.07) is 8.48. The molecule has 0 radical (unpaired) electrons. The molecule has 0 saturated carbocycles. The monoisotopic (exact) mass is 437 g/mol. The van der Waals surface area contributed by atoms with E-state index in [4.69, 9.17) is 18.6 Å². The highest BCUT2D eigenvalue weighted by Gasteiger charge is 2.42. The molecule has 2 aromatic carbocycles. The van der Waals surface area contributed by atoms with Crippen molar-refractivity contribution >= 4 is 16.9 Å². The number of hydrogen-bond acceptors (Lipinski definition) is 6. The van der Waals surface area contributed by atoms with Crippen LogP contribution in [0.3, 0.4) is 0 Å². The van der Waals surface area contributed by atoms with Crippen LogP contribution in [0.5, 0.6) is 11.5 Å². The molecule has 7 nitrogen and oxygen atoms in total. The van der Waals surface area contributed by atoms with Gasteiger partial charge in [-0.05, 0) is 61.7 Å². The van der Waals surface area contributed by atoms with Crippen molar-refractivity contribution in [2.45, 2.75) is 26.8 Å². The fraction of sp³-hybridized carbons (Fsp3) is 0.360. The number of ether oxygens (including phenoxy) is 3. The van der Waals surface area contributed by atoms with Crippen LogP contribution in [0.25, 0.3) is 11.0 Å². The number of carbonyl (C=O) groups excluding carboxylic acids is 1. The number of carbonyl (C=O) groups is 1. The molecule has 0 unspecified atom stereocenters. The average Bonchev–Trinajstić information content (AvgIpc) is 3.06. The zero-order chi connectivity index (χ0) is 23.0. The summed E-state index contributed by atoms with van der Waals surface area (Å²) >= 11 is 0. The molecule has 0 bridgehead atoms. The number of benzene rings is 2. The molecule has 1 atom stereocenters. The van der Waals surface area contributed by atoms with Gasteiger partial charge in [0.1, 0.15) is 5.58 Å². The fourth-order valence-corrected chi connectivity index (χ4v) is 4.17. The van der Waals surface area contributed by atoms with Crippen LogP contribution in [0.1, 0.15) is 45.8 Å². The lowest BCUT2D eigenvalue weighted by Crippen LogP contribution is -2.32. The first-order chi connectivity index (χ1) is 15.4. The van der Waals surface area contributed by atoms with Gasteiger partial charge >= 0.3 is 0 Å². The molecule has 4 rings (SSSR count). The third-order valence-electron chi connectivity index (χ3n) is 5.92. The SMILES string of the molecule is CCOc1ccc([C@H]2c3c(oc4cc(C)c(C)cc4c3=O)C(=O)N2CCOC)cc1OC. The van der Waals surface area contributed by atoms with Crippen LogP contribution < -0.4 is 14.9 Å². The number of aryl methyl sites for hydroxylation is 2. The van der Waals surface area contributed by atoms with E-state index in [1.54, 1.807) is 25.2 Å². The lowest BCUT2D eigenvalue weighted by atomic mass is 9.97. The van der Waals surface area contributed by atoms with Crippen molar-refractivity contribution in [1.29, 1.82) is 0 Å². The van der Waals surface area contributed by atoms with Crippen molar-refractivity contribution in [3.8, 4) is 11.5 Å². The van der Waals surface area contributed by atoms with Crippen LogP contribution in [-0.2, 0) is 4.74 Å². The quantitative estimate of drug-likeness (QED) is 0.556. The van der Waals surface area contributed by atoms with Crippen molar-refractivity contribution in [1.82, 2.24) is 4.90 Å². The fourth-order valence-electron chi connectivity index (χ4n) is 4.17. The van der Waals surface area contributed by atoms with Crippen LogP contribution in [0.2, 0.25) is 0 Å². The van der Waals surface area contributed by atoms with Gasteiger partial charge in [-0.2, -0.15) is 0 Å². The summed E-state index contributed by atoms with van der Waals surface area (Å²) in [4.78, 5) is 28.6. The molecule has 1 aliphatic rings. The minimum absolute atomic E-state index is 0.0831. The maximum Gasteiger partial charge on any atom is 0.290 e. The highest BCUT2D eigenvalue weighted by molar-refractivity contribution is 5.99. The van der Waals surface area contributed by atoms with Gasteiger partial charge in [0.25, 0.3) is 5.91 Å². The summed E-state index contributed by atoms with van der Waals surface area (Å²) in [6.07, 6.45) is 0. The van der Waals surface area contributed by atoms with Gasteiger partial charge in [0, 0.05) is 13.7 Å². The normalized spacial score (nSPS) is 15.3. The zero-order valence-electron chi connectivity index (χ0n) is 19.0. The molecule has 0 fully saturated rings. The summed E-state index contributed by atoms with van der Waals surface area (Å²) in [5.41, 5.74) is 3.29. The molecule has 1 aromatic heterocycles. The Bertz CT molecular complexity index is 1250. The highest BCUT2D eigenvalue weighted by atomic mass is 16.5. The second kappa shape index (κ2) is 8.67. The van der Waals surface area contributed by atoms with Gasteiger partial charge in [-0.3, -0.25) is 9.59 Å². The number of nitrogens with zero attached hydrogens (tertiary/aromatic N) is 1. The maximum atomic E-state index is 13.6. The Balaban J connectivity index is 1.95. The molecular formula is C25H27NO6. The molecule has 0 N–H and O–H groups in total. The van der Waals surface area contributed by atoms with Crippen molar-refractivity contribution in [2.24, 2.45) is 0 Å². The van der Waals surface area contributed by atoms with E-state index in [-0.39, 0.29) is 17.1 Å². The van der Waals surface area contributed by atoms with Crippen LogP contribution in [0.4, 0.5) is 0 Å².